The van der Waals surface area contributed by atoms with E-state index in [2.05, 4.69) is 10.2 Å². The molecule has 4 rings (SSSR count). The Bertz CT molecular complexity index is 770. The normalized spacial score (nSPS) is 26.0. The molecule has 2 aromatic rings. The van der Waals surface area contributed by atoms with Crippen LogP contribution in [-0.4, -0.2) is 32.1 Å². The van der Waals surface area contributed by atoms with Gasteiger partial charge in [-0.3, -0.25) is 4.79 Å². The van der Waals surface area contributed by atoms with Crippen molar-refractivity contribution in [2.45, 2.75) is 31.2 Å². The summed E-state index contributed by atoms with van der Waals surface area (Å²) in [7, 11) is 1.92. The lowest BCUT2D eigenvalue weighted by Crippen LogP contribution is -2.33. The van der Waals surface area contributed by atoms with Crippen molar-refractivity contribution in [3.8, 4) is 0 Å². The molecule has 1 aliphatic carbocycles. The number of aromatic nitrogens is 3. The van der Waals surface area contributed by atoms with E-state index in [4.69, 9.17) is 23.2 Å². The average Bonchev–Trinajstić information content (AvgIpc) is 2.99. The van der Waals surface area contributed by atoms with E-state index < -0.39 is 0 Å². The van der Waals surface area contributed by atoms with Crippen LogP contribution < -0.4 is 0 Å². The van der Waals surface area contributed by atoms with Gasteiger partial charge < -0.3 is 9.47 Å². The molecule has 2 heterocycles. The molecular formula is C17H18Cl2N4O. The van der Waals surface area contributed by atoms with Crippen molar-refractivity contribution in [2.75, 3.05) is 6.54 Å². The number of nitrogens with zero attached hydrogens (tertiary/aromatic N) is 4. The lowest BCUT2D eigenvalue weighted by molar-refractivity contribution is -0.133. The Hall–Kier alpha value is -1.59. The van der Waals surface area contributed by atoms with Gasteiger partial charge in [0.1, 0.15) is 6.33 Å². The van der Waals surface area contributed by atoms with Crippen molar-refractivity contribution >= 4 is 29.1 Å². The highest BCUT2D eigenvalue weighted by molar-refractivity contribution is 6.34. The van der Waals surface area contributed by atoms with Gasteiger partial charge in [0.2, 0.25) is 5.91 Å². The maximum Gasteiger partial charge on any atom is 0.226 e. The molecular weight excluding hydrogens is 347 g/mol. The molecule has 1 aromatic carbocycles. The zero-order chi connectivity index (χ0) is 16.8. The van der Waals surface area contributed by atoms with Crippen LogP contribution in [0.3, 0.4) is 0 Å². The fourth-order valence-electron chi connectivity index (χ4n) is 3.73. The maximum atomic E-state index is 13.0. The molecule has 0 N–H and O–H groups in total. The fourth-order valence-corrected chi connectivity index (χ4v) is 4.27. The minimum Gasteiger partial charge on any atom is -0.332 e. The van der Waals surface area contributed by atoms with E-state index in [1.165, 1.54) is 0 Å². The minimum absolute atomic E-state index is 0.0216. The largest absolute Gasteiger partial charge is 0.332 e. The van der Waals surface area contributed by atoms with Crippen LogP contribution in [0.25, 0.3) is 0 Å². The van der Waals surface area contributed by atoms with Gasteiger partial charge in [-0.05, 0) is 48.9 Å². The quantitative estimate of drug-likeness (QED) is 0.835. The number of likely N-dealkylation sites (tertiary alicyclic amines) is 1. The van der Waals surface area contributed by atoms with Gasteiger partial charge >= 0.3 is 0 Å². The second-order valence-electron chi connectivity index (χ2n) is 6.64. The highest BCUT2D eigenvalue weighted by atomic mass is 35.5. The third kappa shape index (κ3) is 2.80. The molecule has 1 saturated carbocycles. The van der Waals surface area contributed by atoms with Gasteiger partial charge in [0.15, 0.2) is 5.82 Å². The van der Waals surface area contributed by atoms with Crippen molar-refractivity contribution < 1.29 is 4.79 Å². The Balaban J connectivity index is 1.51. The molecule has 0 bridgehead atoms. The molecule has 0 radical (unpaired) electrons. The van der Waals surface area contributed by atoms with E-state index in [1.807, 2.05) is 28.6 Å². The Morgan fingerprint density at radius 2 is 2.00 bits per heavy atom. The highest BCUT2D eigenvalue weighted by Gasteiger charge is 2.48. The van der Waals surface area contributed by atoms with Gasteiger partial charge in [-0.25, -0.2) is 0 Å². The van der Waals surface area contributed by atoms with Gasteiger partial charge in [-0.1, -0.05) is 23.2 Å². The second kappa shape index (κ2) is 6.05. The second-order valence-corrected chi connectivity index (χ2v) is 7.51. The highest BCUT2D eigenvalue weighted by Crippen LogP contribution is 2.50. The monoisotopic (exact) mass is 364 g/mol. The lowest BCUT2D eigenvalue weighted by atomic mass is 10.1. The zero-order valence-electron chi connectivity index (χ0n) is 13.3. The molecule has 2 aliphatic rings. The van der Waals surface area contributed by atoms with Crippen LogP contribution in [0.5, 0.6) is 0 Å². The first kappa shape index (κ1) is 15.9. The number of rotatable bonds is 3. The van der Waals surface area contributed by atoms with Gasteiger partial charge in [0.25, 0.3) is 0 Å². The third-order valence-electron chi connectivity index (χ3n) is 5.00. The molecule has 1 aromatic heterocycles. The van der Waals surface area contributed by atoms with E-state index in [-0.39, 0.29) is 23.8 Å². The fraction of sp³-hybridized carbons (Fsp3) is 0.471. The van der Waals surface area contributed by atoms with Gasteiger partial charge in [-0.15, -0.1) is 10.2 Å². The summed E-state index contributed by atoms with van der Waals surface area (Å²) < 4.78 is 1.90. The topological polar surface area (TPSA) is 51.0 Å². The summed E-state index contributed by atoms with van der Waals surface area (Å²) in [6, 6.07) is 5.58. The van der Waals surface area contributed by atoms with Crippen molar-refractivity contribution in [1.29, 1.82) is 0 Å². The smallest absolute Gasteiger partial charge is 0.226 e. The zero-order valence-corrected chi connectivity index (χ0v) is 14.8. The summed E-state index contributed by atoms with van der Waals surface area (Å²) in [6.07, 6.45) is 4.49. The summed E-state index contributed by atoms with van der Waals surface area (Å²) in [4.78, 5) is 15.0. The van der Waals surface area contributed by atoms with Crippen LogP contribution in [0.4, 0.5) is 0 Å². The predicted octanol–water partition coefficient (Wildman–Crippen LogP) is 3.59. The summed E-state index contributed by atoms with van der Waals surface area (Å²) >= 11 is 12.2. The Morgan fingerprint density at radius 1 is 1.25 bits per heavy atom. The number of hydrogen-bond donors (Lipinski definition) is 0. The van der Waals surface area contributed by atoms with Crippen LogP contribution in [0.1, 0.15) is 42.6 Å². The molecule has 0 spiro atoms. The predicted molar refractivity (Wildman–Crippen MR) is 92.0 cm³/mol. The first-order valence-corrected chi connectivity index (χ1v) is 8.90. The van der Waals surface area contributed by atoms with E-state index in [1.54, 1.807) is 12.4 Å². The Kier molecular flexibility index (Phi) is 4.01. The summed E-state index contributed by atoms with van der Waals surface area (Å²) in [5.74, 6) is 1.31. The van der Waals surface area contributed by atoms with Crippen LogP contribution in [0.2, 0.25) is 10.0 Å². The molecule has 5 nitrogen and oxygen atoms in total. The number of aryl methyl sites for hydroxylation is 1. The molecule has 3 atom stereocenters. The van der Waals surface area contributed by atoms with Crippen molar-refractivity contribution in [3.05, 3.63) is 46.0 Å². The SMILES string of the molecule is Cn1cnnc1[C@@H]1CCCN1C(=O)[C@@H]1C[C@@H]1c1cc(Cl)cc(Cl)c1. The summed E-state index contributed by atoms with van der Waals surface area (Å²) in [6.45, 7) is 0.788. The Morgan fingerprint density at radius 3 is 2.67 bits per heavy atom. The number of hydrogen-bond acceptors (Lipinski definition) is 3. The standard InChI is InChI=1S/C17H18Cl2N4O/c1-22-9-20-21-16(22)15-3-2-4-23(15)17(24)14-8-13(14)10-5-11(18)7-12(19)6-10/h5-7,9,13-15H,2-4,8H2,1H3/t13-,14-,15+/m1/s1. The molecule has 1 amide bonds. The first-order chi connectivity index (χ1) is 11.5. The van der Waals surface area contributed by atoms with Crippen LogP contribution in [-0.2, 0) is 11.8 Å². The maximum absolute atomic E-state index is 13.0. The number of carbonyl (C=O) groups is 1. The number of benzene rings is 1. The molecule has 24 heavy (non-hydrogen) atoms. The van der Waals surface area contributed by atoms with E-state index >= 15 is 0 Å². The first-order valence-electron chi connectivity index (χ1n) is 8.15. The van der Waals surface area contributed by atoms with E-state index in [0.29, 0.717) is 10.0 Å². The number of amides is 1. The molecule has 7 heteroatoms. The van der Waals surface area contributed by atoms with Gasteiger partial charge in [-0.2, -0.15) is 0 Å². The summed E-state index contributed by atoms with van der Waals surface area (Å²) in [5.41, 5.74) is 1.06. The molecule has 1 aliphatic heterocycles. The van der Waals surface area contributed by atoms with Crippen molar-refractivity contribution in [3.63, 3.8) is 0 Å². The van der Waals surface area contributed by atoms with Gasteiger partial charge in [0, 0.05) is 29.6 Å². The van der Waals surface area contributed by atoms with Crippen molar-refractivity contribution in [2.24, 2.45) is 13.0 Å². The molecule has 0 unspecified atom stereocenters. The Labute approximate surface area is 150 Å². The average molecular weight is 365 g/mol. The summed E-state index contributed by atoms with van der Waals surface area (Å²) in [5, 5.41) is 9.38. The van der Waals surface area contributed by atoms with E-state index in [0.717, 1.165) is 37.2 Å². The van der Waals surface area contributed by atoms with Gasteiger partial charge in [0.05, 0.1) is 6.04 Å². The molecule has 2 fully saturated rings. The minimum atomic E-state index is 0.0216. The number of halogens is 2. The van der Waals surface area contributed by atoms with E-state index in [9.17, 15) is 4.79 Å². The molecule has 1 saturated heterocycles. The number of carbonyl (C=O) groups excluding carboxylic acids is 1. The third-order valence-corrected chi connectivity index (χ3v) is 5.44. The van der Waals surface area contributed by atoms with Crippen LogP contribution in [0.15, 0.2) is 24.5 Å². The van der Waals surface area contributed by atoms with Crippen LogP contribution >= 0.6 is 23.2 Å². The lowest BCUT2D eigenvalue weighted by Gasteiger charge is -2.24. The molecule has 126 valence electrons. The van der Waals surface area contributed by atoms with Crippen molar-refractivity contribution in [1.82, 2.24) is 19.7 Å². The van der Waals surface area contributed by atoms with Crippen LogP contribution in [0, 0.1) is 5.92 Å².